The van der Waals surface area contributed by atoms with E-state index in [9.17, 15) is 13.2 Å². The normalized spacial score (nSPS) is 11.8. The van der Waals surface area contributed by atoms with Gasteiger partial charge in [-0.1, -0.05) is 0 Å². The molecule has 19 heavy (non-hydrogen) atoms. The lowest BCUT2D eigenvalue weighted by molar-refractivity contribution is 0.0954. The number of thiophene rings is 1. The number of hydrogen-bond acceptors (Lipinski definition) is 5. The maximum atomic E-state index is 12.0. The Balaban J connectivity index is 2.81. The van der Waals surface area contributed by atoms with Crippen LogP contribution in [0.25, 0.3) is 0 Å². The van der Waals surface area contributed by atoms with Gasteiger partial charge >= 0.3 is 0 Å². The summed E-state index contributed by atoms with van der Waals surface area (Å²) in [5.74, 6) is -0.354. The average molecular weight is 305 g/mol. The van der Waals surface area contributed by atoms with Crippen LogP contribution in [0, 0.1) is 0 Å². The van der Waals surface area contributed by atoms with Gasteiger partial charge in [0.2, 0.25) is 10.0 Å². The molecule has 0 unspecified atom stereocenters. The van der Waals surface area contributed by atoms with E-state index in [1.54, 1.807) is 5.38 Å². The number of sulfonamides is 1. The molecule has 3 N–H and O–H groups in total. The van der Waals surface area contributed by atoms with Crippen molar-refractivity contribution in [2.45, 2.75) is 17.7 Å². The zero-order chi connectivity index (χ0) is 14.5. The molecule has 1 heterocycles. The predicted molar refractivity (Wildman–Crippen MR) is 75.8 cm³/mol. The Hall–Kier alpha value is -0.960. The van der Waals surface area contributed by atoms with Crippen molar-refractivity contribution in [2.24, 2.45) is 5.73 Å². The molecule has 1 amide bonds. The zero-order valence-corrected chi connectivity index (χ0v) is 12.7. The molecular weight excluding hydrogens is 286 g/mol. The molecule has 0 bridgehead atoms. The number of hydrogen-bond donors (Lipinski definition) is 2. The standard InChI is InChI=1S/C11H19N3O3S2/c1-14(2)19(16,17)9-5-8-18-10(9)11(15)13-7-4-3-6-12/h5,8H,3-4,6-7,12H2,1-2H3,(H,13,15). The summed E-state index contributed by atoms with van der Waals surface area (Å²) >= 11 is 1.12. The topological polar surface area (TPSA) is 92.5 Å². The Kier molecular flexibility index (Phi) is 5.92. The predicted octanol–water partition coefficient (Wildman–Crippen LogP) is 0.467. The Bertz CT molecular complexity index is 523. The van der Waals surface area contributed by atoms with Crippen LogP contribution < -0.4 is 11.1 Å². The third-order valence-electron chi connectivity index (χ3n) is 2.51. The van der Waals surface area contributed by atoms with Crippen LogP contribution in [0.1, 0.15) is 22.5 Å². The van der Waals surface area contributed by atoms with Crippen molar-refractivity contribution in [3.05, 3.63) is 16.3 Å². The highest BCUT2D eigenvalue weighted by molar-refractivity contribution is 7.89. The van der Waals surface area contributed by atoms with Crippen molar-refractivity contribution >= 4 is 27.3 Å². The maximum Gasteiger partial charge on any atom is 0.262 e. The van der Waals surface area contributed by atoms with Crippen LogP contribution in [-0.2, 0) is 10.0 Å². The van der Waals surface area contributed by atoms with Crippen LogP contribution in [0.5, 0.6) is 0 Å². The first-order valence-corrected chi connectivity index (χ1v) is 8.21. The van der Waals surface area contributed by atoms with Crippen LogP contribution in [0.2, 0.25) is 0 Å². The lowest BCUT2D eigenvalue weighted by Crippen LogP contribution is -2.28. The van der Waals surface area contributed by atoms with Gasteiger partial charge in [-0.2, -0.15) is 0 Å². The van der Waals surface area contributed by atoms with Gasteiger partial charge < -0.3 is 11.1 Å². The number of unbranched alkanes of at least 4 members (excludes halogenated alkanes) is 1. The SMILES string of the molecule is CN(C)S(=O)(=O)c1ccsc1C(=O)NCCCCN. The smallest absolute Gasteiger partial charge is 0.262 e. The molecule has 0 aliphatic carbocycles. The fraction of sp³-hybridized carbons (Fsp3) is 0.545. The Morgan fingerprint density at radius 2 is 2.11 bits per heavy atom. The molecule has 0 aliphatic heterocycles. The van der Waals surface area contributed by atoms with Crippen LogP contribution in [0.3, 0.4) is 0 Å². The summed E-state index contributed by atoms with van der Waals surface area (Å²) in [6, 6.07) is 1.45. The first-order valence-electron chi connectivity index (χ1n) is 5.89. The first-order chi connectivity index (χ1) is 8.91. The quantitative estimate of drug-likeness (QED) is 0.716. The molecule has 1 aromatic heterocycles. The van der Waals surface area contributed by atoms with Gasteiger partial charge in [-0.15, -0.1) is 11.3 Å². The number of amides is 1. The fourth-order valence-electron chi connectivity index (χ4n) is 1.41. The molecule has 8 heteroatoms. The van der Waals surface area contributed by atoms with E-state index in [0.29, 0.717) is 13.1 Å². The van der Waals surface area contributed by atoms with Crippen LogP contribution in [0.4, 0.5) is 0 Å². The van der Waals surface area contributed by atoms with Crippen molar-refractivity contribution in [1.29, 1.82) is 0 Å². The van der Waals surface area contributed by atoms with Gasteiger partial charge in [0.15, 0.2) is 0 Å². The van der Waals surface area contributed by atoms with Crippen LogP contribution >= 0.6 is 11.3 Å². The average Bonchev–Trinajstić information content (AvgIpc) is 2.84. The highest BCUT2D eigenvalue weighted by Crippen LogP contribution is 2.23. The molecule has 0 aromatic carbocycles. The molecule has 1 rings (SSSR count). The molecule has 0 saturated carbocycles. The third kappa shape index (κ3) is 4.00. The molecular formula is C11H19N3O3S2. The molecule has 108 valence electrons. The number of nitrogens with zero attached hydrogens (tertiary/aromatic N) is 1. The monoisotopic (exact) mass is 305 g/mol. The van der Waals surface area contributed by atoms with E-state index >= 15 is 0 Å². The molecule has 1 aromatic rings. The summed E-state index contributed by atoms with van der Waals surface area (Å²) in [6.45, 7) is 1.07. The minimum Gasteiger partial charge on any atom is -0.351 e. The van der Waals surface area contributed by atoms with E-state index < -0.39 is 10.0 Å². The first kappa shape index (κ1) is 16.1. The van der Waals surface area contributed by atoms with E-state index in [0.717, 1.165) is 28.5 Å². The number of rotatable bonds is 7. The van der Waals surface area contributed by atoms with Gasteiger partial charge in [-0.3, -0.25) is 4.79 Å². The van der Waals surface area contributed by atoms with Crippen molar-refractivity contribution < 1.29 is 13.2 Å². The molecule has 0 atom stereocenters. The van der Waals surface area contributed by atoms with Gasteiger partial charge in [0.1, 0.15) is 9.77 Å². The van der Waals surface area contributed by atoms with Crippen molar-refractivity contribution in [2.75, 3.05) is 27.2 Å². The van der Waals surface area contributed by atoms with Crippen LogP contribution in [0.15, 0.2) is 16.3 Å². The van der Waals surface area contributed by atoms with Gasteiger partial charge in [0, 0.05) is 20.6 Å². The number of carbonyl (C=O) groups excluding carboxylic acids is 1. The molecule has 0 radical (unpaired) electrons. The van der Waals surface area contributed by atoms with Gasteiger partial charge in [-0.05, 0) is 30.8 Å². The second-order valence-electron chi connectivity index (χ2n) is 4.15. The number of carbonyl (C=O) groups is 1. The Labute approximate surface area is 117 Å². The highest BCUT2D eigenvalue weighted by atomic mass is 32.2. The zero-order valence-electron chi connectivity index (χ0n) is 11.0. The van der Waals surface area contributed by atoms with Crippen molar-refractivity contribution in [1.82, 2.24) is 9.62 Å². The minimum absolute atomic E-state index is 0.0545. The maximum absolute atomic E-state index is 12.0. The van der Waals surface area contributed by atoms with Gasteiger partial charge in [0.05, 0.1) is 0 Å². The second kappa shape index (κ2) is 6.99. The summed E-state index contributed by atoms with van der Waals surface area (Å²) in [7, 11) is -0.701. The molecule has 6 nitrogen and oxygen atoms in total. The van der Waals surface area contributed by atoms with E-state index in [1.807, 2.05) is 0 Å². The number of nitrogens with two attached hydrogens (primary N) is 1. The van der Waals surface area contributed by atoms with E-state index in [4.69, 9.17) is 5.73 Å². The molecule has 0 saturated heterocycles. The fourth-order valence-corrected chi connectivity index (χ4v) is 3.62. The van der Waals surface area contributed by atoms with Gasteiger partial charge in [-0.25, -0.2) is 12.7 Å². The molecule has 0 fully saturated rings. The van der Waals surface area contributed by atoms with E-state index in [2.05, 4.69) is 5.32 Å². The summed E-state index contributed by atoms with van der Waals surface area (Å²) in [6.07, 6.45) is 1.61. The summed E-state index contributed by atoms with van der Waals surface area (Å²) in [4.78, 5) is 12.2. The second-order valence-corrected chi connectivity index (χ2v) is 7.19. The van der Waals surface area contributed by atoms with Gasteiger partial charge in [0.25, 0.3) is 5.91 Å². The Morgan fingerprint density at radius 1 is 1.42 bits per heavy atom. The molecule has 0 spiro atoms. The van der Waals surface area contributed by atoms with E-state index in [1.165, 1.54) is 20.2 Å². The third-order valence-corrected chi connectivity index (χ3v) is 5.41. The minimum atomic E-state index is -3.58. The van der Waals surface area contributed by atoms with E-state index in [-0.39, 0.29) is 15.7 Å². The summed E-state index contributed by atoms with van der Waals surface area (Å²) < 4.78 is 25.2. The lowest BCUT2D eigenvalue weighted by Gasteiger charge is -2.11. The lowest BCUT2D eigenvalue weighted by atomic mass is 10.3. The number of nitrogens with one attached hydrogen (secondary N) is 1. The van der Waals surface area contributed by atoms with Crippen LogP contribution in [-0.4, -0.2) is 45.8 Å². The Morgan fingerprint density at radius 3 is 2.68 bits per heavy atom. The summed E-state index contributed by atoms with van der Waals surface area (Å²) in [5, 5.41) is 4.31. The summed E-state index contributed by atoms with van der Waals surface area (Å²) in [5.41, 5.74) is 5.36. The van der Waals surface area contributed by atoms with Crippen molar-refractivity contribution in [3.8, 4) is 0 Å². The van der Waals surface area contributed by atoms with Crippen molar-refractivity contribution in [3.63, 3.8) is 0 Å². The molecule has 0 aliphatic rings. The largest absolute Gasteiger partial charge is 0.351 e. The highest BCUT2D eigenvalue weighted by Gasteiger charge is 2.25.